The highest BCUT2D eigenvalue weighted by Crippen LogP contribution is 2.25. The van der Waals surface area contributed by atoms with E-state index in [0.717, 1.165) is 44.2 Å². The summed E-state index contributed by atoms with van der Waals surface area (Å²) in [5.41, 5.74) is 5.48. The first kappa shape index (κ1) is 11.5. The van der Waals surface area contributed by atoms with Gasteiger partial charge in [0, 0.05) is 18.4 Å². The molecule has 1 aromatic rings. The molecule has 2 rings (SSSR count). The summed E-state index contributed by atoms with van der Waals surface area (Å²) in [6.45, 7) is 4.33. The number of nitrogens with zero attached hydrogens (tertiary/aromatic N) is 2. The van der Waals surface area contributed by atoms with Crippen LogP contribution in [0.15, 0.2) is 4.52 Å². The highest BCUT2D eigenvalue weighted by molar-refractivity contribution is 4.99. The normalized spacial score (nSPS) is 22.5. The van der Waals surface area contributed by atoms with E-state index in [1.165, 1.54) is 0 Å². The highest BCUT2D eigenvalue weighted by Gasteiger charge is 2.24. The standard InChI is InChI=1S/C11H19N3O2/c1-8(3-2-5-12)11-13-10(14-16-11)9-4-6-15-7-9/h8-9H,2-7,12H2,1H3. The van der Waals surface area contributed by atoms with Crippen molar-refractivity contribution in [2.24, 2.45) is 5.73 Å². The third-order valence-corrected chi connectivity index (χ3v) is 3.02. The lowest BCUT2D eigenvalue weighted by Gasteiger charge is -2.03. The summed E-state index contributed by atoms with van der Waals surface area (Å²) in [4.78, 5) is 4.45. The van der Waals surface area contributed by atoms with Gasteiger partial charge in [-0.25, -0.2) is 0 Å². The molecule has 0 aliphatic carbocycles. The van der Waals surface area contributed by atoms with E-state index in [2.05, 4.69) is 17.1 Å². The smallest absolute Gasteiger partial charge is 0.229 e. The molecule has 1 aromatic heterocycles. The highest BCUT2D eigenvalue weighted by atomic mass is 16.5. The topological polar surface area (TPSA) is 74.2 Å². The molecule has 2 atom stereocenters. The molecule has 1 saturated heterocycles. The maximum absolute atomic E-state index is 5.48. The second-order valence-corrected chi connectivity index (χ2v) is 4.38. The van der Waals surface area contributed by atoms with E-state index in [4.69, 9.17) is 15.0 Å². The molecule has 2 unspecified atom stereocenters. The van der Waals surface area contributed by atoms with E-state index in [-0.39, 0.29) is 0 Å². The summed E-state index contributed by atoms with van der Waals surface area (Å²) >= 11 is 0. The fraction of sp³-hybridized carbons (Fsp3) is 0.818. The lowest BCUT2D eigenvalue weighted by molar-refractivity contribution is 0.192. The molecule has 0 radical (unpaired) electrons. The third kappa shape index (κ3) is 2.59. The molecule has 0 bridgehead atoms. The zero-order valence-electron chi connectivity index (χ0n) is 9.69. The van der Waals surface area contributed by atoms with Crippen molar-refractivity contribution in [2.75, 3.05) is 19.8 Å². The number of aromatic nitrogens is 2. The first-order chi connectivity index (χ1) is 7.81. The Hall–Kier alpha value is -0.940. The lowest BCUT2D eigenvalue weighted by atomic mass is 10.1. The molecule has 2 heterocycles. The molecular weight excluding hydrogens is 206 g/mol. The van der Waals surface area contributed by atoms with Gasteiger partial charge in [0.15, 0.2) is 5.82 Å². The van der Waals surface area contributed by atoms with E-state index in [0.29, 0.717) is 18.4 Å². The van der Waals surface area contributed by atoms with Gasteiger partial charge in [0.2, 0.25) is 5.89 Å². The zero-order chi connectivity index (χ0) is 11.4. The van der Waals surface area contributed by atoms with Crippen molar-refractivity contribution in [3.05, 3.63) is 11.7 Å². The molecule has 1 fully saturated rings. The third-order valence-electron chi connectivity index (χ3n) is 3.02. The maximum Gasteiger partial charge on any atom is 0.229 e. The van der Waals surface area contributed by atoms with Gasteiger partial charge in [-0.2, -0.15) is 4.98 Å². The van der Waals surface area contributed by atoms with Crippen molar-refractivity contribution in [3.8, 4) is 0 Å². The fourth-order valence-electron chi connectivity index (χ4n) is 1.90. The average molecular weight is 225 g/mol. The Morgan fingerprint density at radius 2 is 2.44 bits per heavy atom. The van der Waals surface area contributed by atoms with Crippen molar-refractivity contribution in [3.63, 3.8) is 0 Å². The summed E-state index contributed by atoms with van der Waals surface area (Å²) in [5.74, 6) is 2.15. The molecule has 1 aliphatic rings. The zero-order valence-corrected chi connectivity index (χ0v) is 9.69. The van der Waals surface area contributed by atoms with Crippen LogP contribution in [-0.4, -0.2) is 29.9 Å². The largest absolute Gasteiger partial charge is 0.381 e. The molecule has 5 heteroatoms. The van der Waals surface area contributed by atoms with Crippen molar-refractivity contribution in [1.82, 2.24) is 10.1 Å². The first-order valence-electron chi connectivity index (χ1n) is 5.92. The van der Waals surface area contributed by atoms with E-state index in [9.17, 15) is 0 Å². The number of rotatable bonds is 5. The molecule has 90 valence electrons. The maximum atomic E-state index is 5.48. The van der Waals surface area contributed by atoms with Gasteiger partial charge in [-0.1, -0.05) is 12.1 Å². The van der Waals surface area contributed by atoms with Crippen LogP contribution in [0, 0.1) is 0 Å². The molecule has 1 aliphatic heterocycles. The summed E-state index contributed by atoms with van der Waals surface area (Å²) in [7, 11) is 0. The van der Waals surface area contributed by atoms with Crippen LogP contribution in [0.3, 0.4) is 0 Å². The average Bonchev–Trinajstić information content (AvgIpc) is 2.94. The Balaban J connectivity index is 1.95. The molecule has 2 N–H and O–H groups in total. The Morgan fingerprint density at radius 3 is 3.12 bits per heavy atom. The van der Waals surface area contributed by atoms with Gasteiger partial charge in [0.05, 0.1) is 6.61 Å². The molecule has 0 aromatic carbocycles. The van der Waals surface area contributed by atoms with Gasteiger partial charge >= 0.3 is 0 Å². The molecule has 0 saturated carbocycles. The monoisotopic (exact) mass is 225 g/mol. The van der Waals surface area contributed by atoms with Crippen LogP contribution in [0.4, 0.5) is 0 Å². The van der Waals surface area contributed by atoms with Crippen molar-refractivity contribution < 1.29 is 9.26 Å². The second-order valence-electron chi connectivity index (χ2n) is 4.38. The Bertz CT molecular complexity index is 321. The van der Waals surface area contributed by atoms with E-state index >= 15 is 0 Å². The van der Waals surface area contributed by atoms with E-state index < -0.39 is 0 Å². The van der Waals surface area contributed by atoms with E-state index in [1.54, 1.807) is 0 Å². The number of ether oxygens (including phenoxy) is 1. The second kappa shape index (κ2) is 5.41. The summed E-state index contributed by atoms with van der Waals surface area (Å²) in [6, 6.07) is 0. The minimum absolute atomic E-state index is 0.298. The Labute approximate surface area is 95.3 Å². The van der Waals surface area contributed by atoms with Crippen LogP contribution < -0.4 is 5.73 Å². The van der Waals surface area contributed by atoms with Gasteiger partial charge < -0.3 is 15.0 Å². The molecule has 5 nitrogen and oxygen atoms in total. The lowest BCUT2D eigenvalue weighted by Crippen LogP contribution is -2.03. The fourth-order valence-corrected chi connectivity index (χ4v) is 1.90. The van der Waals surface area contributed by atoms with Gasteiger partial charge in [0.25, 0.3) is 0 Å². The van der Waals surface area contributed by atoms with E-state index in [1.807, 2.05) is 0 Å². The summed E-state index contributed by atoms with van der Waals surface area (Å²) in [6.07, 6.45) is 2.99. The van der Waals surface area contributed by atoms with Crippen LogP contribution in [-0.2, 0) is 4.74 Å². The van der Waals surface area contributed by atoms with Crippen molar-refractivity contribution in [2.45, 2.75) is 38.0 Å². The van der Waals surface area contributed by atoms with Gasteiger partial charge in [-0.15, -0.1) is 0 Å². The van der Waals surface area contributed by atoms with Gasteiger partial charge in [-0.05, 0) is 25.8 Å². The predicted octanol–water partition coefficient (Wildman–Crippen LogP) is 1.42. The number of hydrogen-bond acceptors (Lipinski definition) is 5. The molecular formula is C11H19N3O2. The SMILES string of the molecule is CC(CCCN)c1nc(C2CCOC2)no1. The van der Waals surface area contributed by atoms with Crippen LogP contribution in [0.5, 0.6) is 0 Å². The Kier molecular flexibility index (Phi) is 3.90. The molecule has 0 spiro atoms. The van der Waals surface area contributed by atoms with Crippen molar-refractivity contribution in [1.29, 1.82) is 0 Å². The van der Waals surface area contributed by atoms with Crippen LogP contribution in [0.1, 0.15) is 49.7 Å². The summed E-state index contributed by atoms with van der Waals surface area (Å²) in [5, 5.41) is 4.03. The van der Waals surface area contributed by atoms with Crippen LogP contribution in [0.2, 0.25) is 0 Å². The molecule has 16 heavy (non-hydrogen) atoms. The predicted molar refractivity (Wildman–Crippen MR) is 59.2 cm³/mol. The van der Waals surface area contributed by atoms with Crippen molar-refractivity contribution >= 4 is 0 Å². The minimum Gasteiger partial charge on any atom is -0.381 e. The minimum atomic E-state index is 0.298. The van der Waals surface area contributed by atoms with Crippen LogP contribution in [0.25, 0.3) is 0 Å². The van der Waals surface area contributed by atoms with Crippen LogP contribution >= 0.6 is 0 Å². The summed E-state index contributed by atoms with van der Waals surface area (Å²) < 4.78 is 10.6. The van der Waals surface area contributed by atoms with Gasteiger partial charge in [0.1, 0.15) is 0 Å². The quantitative estimate of drug-likeness (QED) is 0.820. The first-order valence-corrected chi connectivity index (χ1v) is 5.92. The molecule has 0 amide bonds. The number of hydrogen-bond donors (Lipinski definition) is 1. The van der Waals surface area contributed by atoms with Gasteiger partial charge in [-0.3, -0.25) is 0 Å². The number of nitrogens with two attached hydrogens (primary N) is 1. The Morgan fingerprint density at radius 1 is 1.56 bits per heavy atom.